The first-order chi connectivity index (χ1) is 18.0. The van der Waals surface area contributed by atoms with Gasteiger partial charge in [-0.15, -0.1) is 11.3 Å². The number of aromatic nitrogens is 4. The average molecular weight is 517 g/mol. The molecular weight excluding hydrogens is 480 g/mol. The second kappa shape index (κ2) is 11.4. The smallest absolute Gasteiger partial charge is 0.242 e. The number of nitrogens with one attached hydrogen (secondary N) is 1. The fraction of sp³-hybridized carbons (Fsp3) is 0.448. The van der Waals surface area contributed by atoms with E-state index in [4.69, 9.17) is 9.97 Å². The Labute approximate surface area is 223 Å². The van der Waals surface area contributed by atoms with Crippen LogP contribution in [0.1, 0.15) is 62.3 Å². The van der Waals surface area contributed by atoms with Crippen LogP contribution in [0.2, 0.25) is 0 Å². The highest BCUT2D eigenvalue weighted by molar-refractivity contribution is 7.15. The van der Waals surface area contributed by atoms with Crippen LogP contribution >= 0.6 is 11.3 Å². The number of fused-ring (bicyclic) bond motifs is 1. The second-order valence-electron chi connectivity index (χ2n) is 10.3. The number of hydrogen-bond donors (Lipinski definition) is 1. The average Bonchev–Trinajstić information content (AvgIpc) is 3.48. The van der Waals surface area contributed by atoms with Crippen molar-refractivity contribution in [2.45, 2.75) is 65.3 Å². The highest BCUT2D eigenvalue weighted by Gasteiger charge is 2.26. The molecule has 1 saturated heterocycles. The predicted octanol–water partition coefficient (Wildman–Crippen LogP) is 6.19. The number of hydrogen-bond acceptors (Lipinski definition) is 6. The van der Waals surface area contributed by atoms with Gasteiger partial charge in [0, 0.05) is 42.2 Å². The van der Waals surface area contributed by atoms with Crippen molar-refractivity contribution in [3.8, 4) is 0 Å². The first-order valence-electron chi connectivity index (χ1n) is 13.4. The summed E-state index contributed by atoms with van der Waals surface area (Å²) >= 11 is 1.69. The topological polar surface area (TPSA) is 75.9 Å². The van der Waals surface area contributed by atoms with Crippen LogP contribution in [0.3, 0.4) is 0 Å². The van der Waals surface area contributed by atoms with Gasteiger partial charge in [0.15, 0.2) is 5.13 Å². The molecule has 0 bridgehead atoms. The molecule has 5 rings (SSSR count). The highest BCUT2D eigenvalue weighted by Crippen LogP contribution is 2.29. The maximum atomic E-state index is 13.3. The van der Waals surface area contributed by atoms with Crippen molar-refractivity contribution in [3.05, 3.63) is 65.1 Å². The molecule has 194 valence electrons. The van der Waals surface area contributed by atoms with Gasteiger partial charge in [-0.25, -0.2) is 15.0 Å². The van der Waals surface area contributed by atoms with E-state index in [1.165, 1.54) is 4.88 Å². The van der Waals surface area contributed by atoms with Gasteiger partial charge < -0.3 is 14.8 Å². The maximum absolute atomic E-state index is 13.3. The van der Waals surface area contributed by atoms with E-state index >= 15 is 0 Å². The summed E-state index contributed by atoms with van der Waals surface area (Å²) in [7, 11) is 0. The third-order valence-electron chi connectivity index (χ3n) is 6.94. The van der Waals surface area contributed by atoms with E-state index in [1.54, 1.807) is 11.3 Å². The van der Waals surface area contributed by atoms with Crippen molar-refractivity contribution in [1.82, 2.24) is 24.4 Å². The third kappa shape index (κ3) is 6.01. The van der Waals surface area contributed by atoms with E-state index in [1.807, 2.05) is 35.4 Å². The number of likely N-dealkylation sites (tertiary alicyclic amines) is 1. The minimum Gasteiger partial charge on any atom is -0.341 e. The molecule has 1 aliphatic rings. The zero-order valence-corrected chi connectivity index (χ0v) is 22.8. The molecule has 0 saturated carbocycles. The van der Waals surface area contributed by atoms with E-state index in [2.05, 4.69) is 53.8 Å². The minimum atomic E-state index is 0.168. The van der Waals surface area contributed by atoms with Crippen molar-refractivity contribution in [3.63, 3.8) is 0 Å². The largest absolute Gasteiger partial charge is 0.341 e. The van der Waals surface area contributed by atoms with Crippen LogP contribution in [0.4, 0.5) is 10.9 Å². The van der Waals surface area contributed by atoms with Crippen LogP contribution in [0.25, 0.3) is 11.0 Å². The fourth-order valence-corrected chi connectivity index (χ4v) is 5.99. The van der Waals surface area contributed by atoms with Gasteiger partial charge in [0.1, 0.15) is 18.2 Å². The second-order valence-corrected chi connectivity index (χ2v) is 11.4. The van der Waals surface area contributed by atoms with Crippen molar-refractivity contribution >= 4 is 39.2 Å². The van der Waals surface area contributed by atoms with E-state index in [0.717, 1.165) is 78.7 Å². The van der Waals surface area contributed by atoms with Gasteiger partial charge >= 0.3 is 0 Å². The molecule has 0 radical (unpaired) electrons. The summed E-state index contributed by atoms with van der Waals surface area (Å²) in [5.74, 6) is 2.83. The molecule has 4 aromatic rings. The van der Waals surface area contributed by atoms with Gasteiger partial charge in [-0.2, -0.15) is 0 Å². The van der Waals surface area contributed by atoms with Gasteiger partial charge in [-0.3, -0.25) is 4.79 Å². The Bertz CT molecular complexity index is 1350. The zero-order valence-electron chi connectivity index (χ0n) is 22.0. The van der Waals surface area contributed by atoms with E-state index < -0.39 is 0 Å². The van der Waals surface area contributed by atoms with Gasteiger partial charge in [0.05, 0.1) is 11.0 Å². The molecule has 0 atom stereocenters. The maximum Gasteiger partial charge on any atom is 0.242 e. The van der Waals surface area contributed by atoms with Crippen LogP contribution in [-0.2, 0) is 24.2 Å². The molecule has 3 aromatic heterocycles. The summed E-state index contributed by atoms with van der Waals surface area (Å²) in [5.41, 5.74) is 3.09. The number of para-hydroxylation sites is 2. The highest BCUT2D eigenvalue weighted by atomic mass is 32.1. The lowest BCUT2D eigenvalue weighted by molar-refractivity contribution is -0.132. The number of nitrogens with zero attached hydrogens (tertiary/aromatic N) is 5. The molecule has 0 aliphatic carbocycles. The summed E-state index contributed by atoms with van der Waals surface area (Å²) < 4.78 is 2.12. The fourth-order valence-electron chi connectivity index (χ4n) is 5.07. The Kier molecular flexibility index (Phi) is 7.84. The van der Waals surface area contributed by atoms with E-state index in [-0.39, 0.29) is 5.91 Å². The minimum absolute atomic E-state index is 0.168. The summed E-state index contributed by atoms with van der Waals surface area (Å²) in [6, 6.07) is 14.3. The monoisotopic (exact) mass is 516 g/mol. The summed E-state index contributed by atoms with van der Waals surface area (Å²) in [6.07, 6.45) is 6.83. The number of anilines is 2. The predicted molar refractivity (Wildman–Crippen MR) is 150 cm³/mol. The molecule has 1 amide bonds. The number of thiazole rings is 1. The summed E-state index contributed by atoms with van der Waals surface area (Å²) in [5, 5.41) is 4.26. The number of aryl methyl sites for hydroxylation is 1. The lowest BCUT2D eigenvalue weighted by Gasteiger charge is -2.32. The molecule has 8 heteroatoms. The van der Waals surface area contributed by atoms with Crippen LogP contribution in [0.15, 0.2) is 48.7 Å². The normalized spacial score (nSPS) is 14.5. The number of piperidine rings is 1. The Hall–Kier alpha value is -3.26. The lowest BCUT2D eigenvalue weighted by atomic mass is 9.93. The van der Waals surface area contributed by atoms with Gasteiger partial charge in [-0.05, 0) is 49.4 Å². The summed E-state index contributed by atoms with van der Waals surface area (Å²) in [4.78, 5) is 30.8. The van der Waals surface area contributed by atoms with Crippen LogP contribution in [0, 0.1) is 5.92 Å². The van der Waals surface area contributed by atoms with Crippen molar-refractivity contribution in [2.75, 3.05) is 18.4 Å². The molecular formula is C29H36N6OS. The Morgan fingerprint density at radius 3 is 2.70 bits per heavy atom. The van der Waals surface area contributed by atoms with Crippen molar-refractivity contribution < 1.29 is 4.79 Å². The number of carbonyl (C=O) groups is 1. The number of benzene rings is 1. The lowest BCUT2D eigenvalue weighted by Crippen LogP contribution is -2.40. The van der Waals surface area contributed by atoms with Crippen LogP contribution in [-0.4, -0.2) is 43.4 Å². The first kappa shape index (κ1) is 25.4. The van der Waals surface area contributed by atoms with E-state index in [0.29, 0.717) is 18.4 Å². The molecule has 1 N–H and O–H groups in total. The molecule has 0 spiro atoms. The van der Waals surface area contributed by atoms with Gasteiger partial charge in [0.2, 0.25) is 5.91 Å². The Balaban J connectivity index is 1.21. The molecule has 37 heavy (non-hydrogen) atoms. The van der Waals surface area contributed by atoms with Crippen molar-refractivity contribution in [2.24, 2.45) is 5.92 Å². The molecule has 7 nitrogen and oxygen atoms in total. The standard InChI is InChI=1S/C29H36N6OS/c1-4-8-22-18-30-29(37-22)33-26-12-7-10-23(31-26)21-13-15-34(16-14-21)28(36)19-35-25-11-6-5-9-24(25)32-27(35)17-20(2)3/h5-7,9-12,18,20-21H,4,8,13-17,19H2,1-3H3,(H,30,31,33). The molecule has 1 aromatic carbocycles. The SMILES string of the molecule is CCCc1cnc(Nc2cccc(C3CCN(C(=O)Cn4c(CC(C)C)nc5ccccc54)CC3)n2)s1. The Morgan fingerprint density at radius 2 is 1.92 bits per heavy atom. The molecule has 4 heterocycles. The quantitative estimate of drug-likeness (QED) is 0.287. The first-order valence-corrected chi connectivity index (χ1v) is 14.2. The van der Waals surface area contributed by atoms with E-state index in [9.17, 15) is 4.79 Å². The number of carbonyl (C=O) groups excluding carboxylic acids is 1. The number of rotatable bonds is 9. The van der Waals surface area contributed by atoms with Crippen molar-refractivity contribution in [1.29, 1.82) is 0 Å². The summed E-state index contributed by atoms with van der Waals surface area (Å²) in [6.45, 7) is 8.41. The number of amides is 1. The zero-order chi connectivity index (χ0) is 25.8. The molecule has 0 unspecified atom stereocenters. The number of imidazole rings is 1. The third-order valence-corrected chi connectivity index (χ3v) is 7.91. The van der Waals surface area contributed by atoms with Gasteiger partial charge in [0.25, 0.3) is 0 Å². The van der Waals surface area contributed by atoms with Gasteiger partial charge in [-0.1, -0.05) is 45.4 Å². The molecule has 1 aliphatic heterocycles. The number of pyridine rings is 1. The van der Waals surface area contributed by atoms with Crippen LogP contribution in [0.5, 0.6) is 0 Å². The Morgan fingerprint density at radius 1 is 1.11 bits per heavy atom. The van der Waals surface area contributed by atoms with Crippen LogP contribution < -0.4 is 5.32 Å². The molecule has 1 fully saturated rings.